The Hall–Kier alpha value is -2.87. The Morgan fingerprint density at radius 3 is 2.23 bits per heavy atom. The maximum absolute atomic E-state index is 12.6. The molecule has 0 fully saturated rings. The van der Waals surface area contributed by atoms with Crippen molar-refractivity contribution in [2.24, 2.45) is 5.73 Å². The molecular formula is C21H31ClN4O8S. The van der Waals surface area contributed by atoms with Crippen LogP contribution in [0.3, 0.4) is 0 Å². The minimum atomic E-state index is -1.27. The second kappa shape index (κ2) is 17.5. The third kappa shape index (κ3) is 12.4. The zero-order valence-corrected chi connectivity index (χ0v) is 21.1. The molecule has 0 heterocycles. The molecule has 0 bridgehead atoms. The van der Waals surface area contributed by atoms with E-state index in [1.807, 2.05) is 0 Å². The first kappa shape index (κ1) is 32.1. The topological polar surface area (TPSA) is 177 Å². The van der Waals surface area contributed by atoms with Crippen molar-refractivity contribution < 1.29 is 38.7 Å². The number of nitrogens with two attached hydrogens (primary N) is 1. The molecule has 2 atom stereocenters. The molecule has 0 unspecified atom stereocenters. The fraction of sp³-hybridized carbons (Fsp3) is 0.476. The van der Waals surface area contributed by atoms with Gasteiger partial charge in [0.2, 0.25) is 11.8 Å². The summed E-state index contributed by atoms with van der Waals surface area (Å²) in [6.07, 6.45) is -0.113. The summed E-state index contributed by atoms with van der Waals surface area (Å²) < 4.78 is 9.53. The number of anilines is 1. The summed E-state index contributed by atoms with van der Waals surface area (Å²) in [5.41, 5.74) is 6.02. The van der Waals surface area contributed by atoms with E-state index in [1.165, 1.54) is 12.1 Å². The number of esters is 2. The Labute approximate surface area is 213 Å². The SMILES string of the molecule is CCOC(=O)CC[C@H](N)C(=O)N[C@@H](CSC(=O)N(O)c1ccccc1)C(=O)NCC(=O)OCC.Cl. The largest absolute Gasteiger partial charge is 0.466 e. The zero-order chi connectivity index (χ0) is 25.5. The molecule has 35 heavy (non-hydrogen) atoms. The number of amides is 3. The first-order valence-electron chi connectivity index (χ1n) is 10.5. The molecule has 0 aliphatic carbocycles. The van der Waals surface area contributed by atoms with Crippen LogP contribution in [0, 0.1) is 0 Å². The number of benzene rings is 1. The number of carbonyl (C=O) groups excluding carboxylic acids is 5. The fourth-order valence-electron chi connectivity index (χ4n) is 2.48. The average molecular weight is 535 g/mol. The monoisotopic (exact) mass is 534 g/mol. The van der Waals surface area contributed by atoms with Crippen LogP contribution in [0.15, 0.2) is 30.3 Å². The van der Waals surface area contributed by atoms with E-state index in [0.717, 1.165) is 0 Å². The van der Waals surface area contributed by atoms with Crippen molar-refractivity contribution in [3.8, 4) is 0 Å². The van der Waals surface area contributed by atoms with E-state index in [0.29, 0.717) is 16.8 Å². The number of hydrogen-bond donors (Lipinski definition) is 4. The lowest BCUT2D eigenvalue weighted by molar-refractivity contribution is -0.144. The van der Waals surface area contributed by atoms with E-state index in [2.05, 4.69) is 10.6 Å². The third-order valence-corrected chi connectivity index (χ3v) is 5.11. The molecule has 5 N–H and O–H groups in total. The smallest absolute Gasteiger partial charge is 0.325 e. The van der Waals surface area contributed by atoms with Crippen LogP contribution in [0.5, 0.6) is 0 Å². The Bertz CT molecular complexity index is 846. The number of ether oxygens (including phenoxy) is 2. The normalized spacial score (nSPS) is 11.8. The van der Waals surface area contributed by atoms with Gasteiger partial charge in [0.15, 0.2) is 0 Å². The number of thioether (sulfide) groups is 1. The van der Waals surface area contributed by atoms with E-state index in [9.17, 15) is 29.2 Å². The van der Waals surface area contributed by atoms with Crippen LogP contribution in [0.2, 0.25) is 0 Å². The predicted molar refractivity (Wildman–Crippen MR) is 131 cm³/mol. The van der Waals surface area contributed by atoms with Gasteiger partial charge in [-0.15, -0.1) is 12.4 Å². The summed E-state index contributed by atoms with van der Waals surface area (Å²) >= 11 is 0.569. The molecule has 1 aromatic rings. The van der Waals surface area contributed by atoms with Crippen LogP contribution >= 0.6 is 24.2 Å². The van der Waals surface area contributed by atoms with E-state index < -0.39 is 47.6 Å². The van der Waals surface area contributed by atoms with E-state index in [-0.39, 0.29) is 49.9 Å². The van der Waals surface area contributed by atoms with Crippen LogP contribution in [0.4, 0.5) is 10.5 Å². The quantitative estimate of drug-likeness (QED) is 0.162. The summed E-state index contributed by atoms with van der Waals surface area (Å²) in [4.78, 5) is 60.3. The summed E-state index contributed by atoms with van der Waals surface area (Å²) in [6.45, 7) is 3.13. The molecule has 1 aromatic carbocycles. The van der Waals surface area contributed by atoms with Gasteiger partial charge < -0.3 is 25.8 Å². The fourth-order valence-corrected chi connectivity index (χ4v) is 3.26. The van der Waals surface area contributed by atoms with Crippen LogP contribution in [-0.2, 0) is 28.7 Å². The third-order valence-electron chi connectivity index (χ3n) is 4.19. The van der Waals surface area contributed by atoms with Crippen molar-refractivity contribution >= 4 is 58.8 Å². The van der Waals surface area contributed by atoms with Gasteiger partial charge in [0.1, 0.15) is 12.6 Å². The van der Waals surface area contributed by atoms with Gasteiger partial charge in [-0.3, -0.25) is 29.2 Å². The lowest BCUT2D eigenvalue weighted by Crippen LogP contribution is -2.53. The Balaban J connectivity index is 0.0000116. The maximum Gasteiger partial charge on any atom is 0.325 e. The number of rotatable bonds is 13. The van der Waals surface area contributed by atoms with Crippen LogP contribution in [-0.4, -0.2) is 71.8 Å². The van der Waals surface area contributed by atoms with Gasteiger partial charge in [-0.05, 0) is 32.4 Å². The first-order chi connectivity index (χ1) is 16.2. The highest BCUT2D eigenvalue weighted by atomic mass is 35.5. The summed E-state index contributed by atoms with van der Waals surface area (Å²) in [5.74, 6) is -2.96. The van der Waals surface area contributed by atoms with E-state index in [1.54, 1.807) is 32.0 Å². The van der Waals surface area contributed by atoms with Gasteiger partial charge in [0.25, 0.3) is 0 Å². The zero-order valence-electron chi connectivity index (χ0n) is 19.4. The molecule has 0 aliphatic rings. The second-order valence-corrected chi connectivity index (χ2v) is 7.73. The lowest BCUT2D eigenvalue weighted by atomic mass is 10.1. The van der Waals surface area contributed by atoms with Crippen molar-refractivity contribution in [3.05, 3.63) is 30.3 Å². The number of hydrogen-bond acceptors (Lipinski definition) is 10. The number of para-hydroxylation sites is 1. The van der Waals surface area contributed by atoms with Crippen molar-refractivity contribution in [3.63, 3.8) is 0 Å². The van der Waals surface area contributed by atoms with Gasteiger partial charge in [-0.2, -0.15) is 5.06 Å². The molecule has 0 saturated carbocycles. The molecule has 12 nitrogen and oxygen atoms in total. The van der Waals surface area contributed by atoms with Crippen molar-refractivity contribution in [1.29, 1.82) is 0 Å². The molecule has 0 aliphatic heterocycles. The second-order valence-electron chi connectivity index (χ2n) is 6.76. The highest BCUT2D eigenvalue weighted by Crippen LogP contribution is 2.17. The van der Waals surface area contributed by atoms with Crippen molar-refractivity contribution in [2.75, 3.05) is 30.6 Å². The van der Waals surface area contributed by atoms with E-state index in [4.69, 9.17) is 15.2 Å². The maximum atomic E-state index is 12.6. The Morgan fingerprint density at radius 1 is 1.03 bits per heavy atom. The molecular weight excluding hydrogens is 504 g/mol. The van der Waals surface area contributed by atoms with E-state index >= 15 is 0 Å². The molecule has 3 amide bonds. The molecule has 0 spiro atoms. The average Bonchev–Trinajstić information content (AvgIpc) is 2.83. The summed E-state index contributed by atoms with van der Waals surface area (Å²) in [5, 5.41) is 14.4. The molecule has 196 valence electrons. The molecule has 0 saturated heterocycles. The molecule has 1 rings (SSSR count). The Morgan fingerprint density at radius 2 is 1.63 bits per heavy atom. The molecule has 14 heteroatoms. The van der Waals surface area contributed by atoms with Gasteiger partial charge in [-0.1, -0.05) is 30.0 Å². The standard InChI is InChI=1S/C21H30N4O8S.ClH/c1-3-32-17(26)11-10-15(22)19(28)24-16(20(29)23-12-18(27)33-4-2)13-34-21(30)25(31)14-8-6-5-7-9-14;/h5-9,15-16,31H,3-4,10-13,22H2,1-2H3,(H,23,29)(H,24,28);1H/t15-,16-;/m0./s1. The number of halogens is 1. The first-order valence-corrected chi connectivity index (χ1v) is 11.5. The highest BCUT2D eigenvalue weighted by Gasteiger charge is 2.27. The number of hydroxylamine groups is 1. The van der Waals surface area contributed by atoms with Gasteiger partial charge >= 0.3 is 17.2 Å². The Kier molecular flexibility index (Phi) is 16.1. The summed E-state index contributed by atoms with van der Waals surface area (Å²) in [7, 11) is 0. The number of carbonyl (C=O) groups is 5. The molecule has 0 radical (unpaired) electrons. The minimum absolute atomic E-state index is 0. The van der Waals surface area contributed by atoms with Crippen LogP contribution in [0.25, 0.3) is 0 Å². The highest BCUT2D eigenvalue weighted by molar-refractivity contribution is 8.13. The number of nitrogens with zero attached hydrogens (tertiary/aromatic N) is 1. The van der Waals surface area contributed by atoms with Gasteiger partial charge in [0, 0.05) is 12.2 Å². The van der Waals surface area contributed by atoms with Crippen molar-refractivity contribution in [1.82, 2.24) is 10.6 Å². The predicted octanol–water partition coefficient (Wildman–Crippen LogP) is 0.992. The molecule has 0 aromatic heterocycles. The van der Waals surface area contributed by atoms with Crippen LogP contribution < -0.4 is 21.4 Å². The van der Waals surface area contributed by atoms with Crippen LogP contribution in [0.1, 0.15) is 26.7 Å². The minimum Gasteiger partial charge on any atom is -0.466 e. The summed E-state index contributed by atoms with van der Waals surface area (Å²) in [6, 6.07) is 5.58. The van der Waals surface area contributed by atoms with Crippen molar-refractivity contribution in [2.45, 2.75) is 38.8 Å². The van der Waals surface area contributed by atoms with Gasteiger partial charge in [0.05, 0.1) is 24.9 Å². The van der Waals surface area contributed by atoms with Gasteiger partial charge in [-0.25, -0.2) is 0 Å². The lowest BCUT2D eigenvalue weighted by Gasteiger charge is -2.21. The number of nitrogens with one attached hydrogen (secondary N) is 2.